The molecule has 1 amide bonds. The second-order valence-electron chi connectivity index (χ2n) is 3.52. The number of methoxy groups -OCH3 is 1. The summed E-state index contributed by atoms with van der Waals surface area (Å²) in [6, 6.07) is 1.51. The molecule has 0 atom stereocenters. The number of nitrogens with zero attached hydrogens (tertiary/aromatic N) is 1. The average Bonchev–Trinajstić information content (AvgIpc) is 2.70. The lowest BCUT2D eigenvalue weighted by atomic mass is 10.2. The van der Waals surface area contributed by atoms with Crippen molar-refractivity contribution in [3.8, 4) is 0 Å². The predicted octanol–water partition coefficient (Wildman–Crippen LogP) is 0.538. The van der Waals surface area contributed by atoms with Gasteiger partial charge >= 0.3 is 0 Å². The molecule has 0 saturated carbocycles. The molecule has 0 radical (unpaired) electrons. The summed E-state index contributed by atoms with van der Waals surface area (Å²) >= 11 is 0. The van der Waals surface area contributed by atoms with Crippen molar-refractivity contribution in [1.82, 2.24) is 15.5 Å². The van der Waals surface area contributed by atoms with Gasteiger partial charge in [0, 0.05) is 26.3 Å². The molecule has 0 aliphatic carbocycles. The minimum absolute atomic E-state index is 0.170. The van der Waals surface area contributed by atoms with E-state index in [1.165, 1.54) is 6.07 Å². The van der Waals surface area contributed by atoms with Gasteiger partial charge in [0.2, 0.25) is 0 Å². The SMILES string of the molecule is COCCCCCNC(=O)c1cc(N)n[nH]1. The fourth-order valence-corrected chi connectivity index (χ4v) is 1.30. The van der Waals surface area contributed by atoms with Crippen molar-refractivity contribution in [1.29, 1.82) is 0 Å². The number of carbonyl (C=O) groups excluding carboxylic acids is 1. The Labute approximate surface area is 94.5 Å². The summed E-state index contributed by atoms with van der Waals surface area (Å²) in [5.41, 5.74) is 5.79. The maximum absolute atomic E-state index is 11.5. The number of nitrogens with two attached hydrogens (primary N) is 1. The number of hydrogen-bond acceptors (Lipinski definition) is 4. The van der Waals surface area contributed by atoms with Crippen LogP contribution in [0.5, 0.6) is 0 Å². The molecule has 0 aliphatic rings. The summed E-state index contributed by atoms with van der Waals surface area (Å²) in [7, 11) is 1.68. The Kier molecular flexibility index (Phi) is 5.35. The van der Waals surface area contributed by atoms with Crippen LogP contribution in [0.25, 0.3) is 0 Å². The average molecular weight is 226 g/mol. The van der Waals surface area contributed by atoms with Crippen molar-refractivity contribution in [3.63, 3.8) is 0 Å². The Morgan fingerprint density at radius 1 is 1.56 bits per heavy atom. The Morgan fingerprint density at radius 3 is 3.00 bits per heavy atom. The molecule has 4 N–H and O–H groups in total. The minimum atomic E-state index is -0.170. The molecule has 6 heteroatoms. The number of nitrogens with one attached hydrogen (secondary N) is 2. The summed E-state index contributed by atoms with van der Waals surface area (Å²) in [6.45, 7) is 1.42. The number of carbonyl (C=O) groups is 1. The molecule has 16 heavy (non-hydrogen) atoms. The van der Waals surface area contributed by atoms with E-state index in [1.807, 2.05) is 0 Å². The highest BCUT2D eigenvalue weighted by molar-refractivity contribution is 5.92. The number of rotatable bonds is 7. The van der Waals surface area contributed by atoms with Crippen LogP contribution in [0.1, 0.15) is 29.8 Å². The van der Waals surface area contributed by atoms with Crippen LogP contribution in [0.15, 0.2) is 6.07 Å². The van der Waals surface area contributed by atoms with Gasteiger partial charge in [-0.3, -0.25) is 9.89 Å². The zero-order chi connectivity index (χ0) is 11.8. The molecule has 0 aromatic carbocycles. The van der Waals surface area contributed by atoms with Crippen molar-refractivity contribution in [2.75, 3.05) is 26.0 Å². The standard InChI is InChI=1S/C10H18N4O2/c1-16-6-4-2-3-5-12-10(15)8-7-9(11)14-13-8/h7H,2-6H2,1H3,(H,12,15)(H3,11,13,14). The van der Waals surface area contributed by atoms with Crippen LogP contribution in [0.4, 0.5) is 5.82 Å². The van der Waals surface area contributed by atoms with E-state index in [-0.39, 0.29) is 5.91 Å². The maximum Gasteiger partial charge on any atom is 0.269 e. The highest BCUT2D eigenvalue weighted by Gasteiger charge is 2.06. The van der Waals surface area contributed by atoms with Crippen LogP contribution in [-0.4, -0.2) is 36.4 Å². The number of unbranched alkanes of at least 4 members (excludes halogenated alkanes) is 2. The van der Waals surface area contributed by atoms with Crippen molar-refractivity contribution >= 4 is 11.7 Å². The van der Waals surface area contributed by atoms with Gasteiger partial charge in [0.15, 0.2) is 0 Å². The summed E-state index contributed by atoms with van der Waals surface area (Å²) in [5.74, 6) is 0.154. The molecule has 1 aromatic rings. The van der Waals surface area contributed by atoms with Gasteiger partial charge in [0.05, 0.1) is 0 Å². The van der Waals surface area contributed by atoms with Crippen LogP contribution in [0, 0.1) is 0 Å². The van der Waals surface area contributed by atoms with Gasteiger partial charge in [-0.1, -0.05) is 0 Å². The number of H-pyrrole nitrogens is 1. The molecule has 1 rings (SSSR count). The largest absolute Gasteiger partial charge is 0.385 e. The van der Waals surface area contributed by atoms with Gasteiger partial charge in [-0.2, -0.15) is 5.10 Å². The molecular formula is C10H18N4O2. The number of hydrogen-bond donors (Lipinski definition) is 3. The zero-order valence-corrected chi connectivity index (χ0v) is 9.45. The van der Waals surface area contributed by atoms with Crippen LogP contribution in [0.3, 0.4) is 0 Å². The number of aromatic nitrogens is 2. The van der Waals surface area contributed by atoms with Gasteiger partial charge < -0.3 is 15.8 Å². The van der Waals surface area contributed by atoms with E-state index in [0.717, 1.165) is 25.9 Å². The van der Waals surface area contributed by atoms with Crippen LogP contribution >= 0.6 is 0 Å². The highest BCUT2D eigenvalue weighted by Crippen LogP contribution is 2.00. The number of ether oxygens (including phenoxy) is 1. The Morgan fingerprint density at radius 2 is 2.38 bits per heavy atom. The zero-order valence-electron chi connectivity index (χ0n) is 9.45. The molecule has 1 aromatic heterocycles. The van der Waals surface area contributed by atoms with E-state index in [0.29, 0.717) is 18.1 Å². The van der Waals surface area contributed by atoms with Crippen molar-refractivity contribution in [2.24, 2.45) is 0 Å². The molecule has 0 fully saturated rings. The molecule has 0 saturated heterocycles. The lowest BCUT2D eigenvalue weighted by Gasteiger charge is -2.03. The smallest absolute Gasteiger partial charge is 0.269 e. The number of nitrogen functional groups attached to an aromatic ring is 1. The third kappa shape index (κ3) is 4.31. The normalized spacial score (nSPS) is 10.3. The molecule has 0 spiro atoms. The summed E-state index contributed by atoms with van der Waals surface area (Å²) in [4.78, 5) is 11.5. The van der Waals surface area contributed by atoms with E-state index >= 15 is 0 Å². The van der Waals surface area contributed by atoms with Crippen molar-refractivity contribution in [2.45, 2.75) is 19.3 Å². The Hall–Kier alpha value is -1.56. The van der Waals surface area contributed by atoms with Gasteiger partial charge in [0.25, 0.3) is 5.91 Å². The Bertz CT molecular complexity index is 324. The summed E-state index contributed by atoms with van der Waals surface area (Å²) in [5, 5.41) is 9.02. The van der Waals surface area contributed by atoms with Gasteiger partial charge in [-0.05, 0) is 19.3 Å². The van der Waals surface area contributed by atoms with E-state index in [9.17, 15) is 4.79 Å². The number of amides is 1. The Balaban J connectivity index is 2.11. The van der Waals surface area contributed by atoms with Gasteiger partial charge in [-0.25, -0.2) is 0 Å². The van der Waals surface area contributed by atoms with E-state index in [4.69, 9.17) is 10.5 Å². The van der Waals surface area contributed by atoms with Crippen LogP contribution < -0.4 is 11.1 Å². The van der Waals surface area contributed by atoms with E-state index in [2.05, 4.69) is 15.5 Å². The highest BCUT2D eigenvalue weighted by atomic mass is 16.5. The first-order chi connectivity index (χ1) is 7.74. The molecule has 1 heterocycles. The van der Waals surface area contributed by atoms with Crippen molar-refractivity contribution < 1.29 is 9.53 Å². The van der Waals surface area contributed by atoms with Crippen LogP contribution in [-0.2, 0) is 4.74 Å². The first-order valence-electron chi connectivity index (χ1n) is 5.32. The third-order valence-electron chi connectivity index (χ3n) is 2.15. The van der Waals surface area contributed by atoms with E-state index in [1.54, 1.807) is 7.11 Å². The fourth-order valence-electron chi connectivity index (χ4n) is 1.30. The summed E-state index contributed by atoms with van der Waals surface area (Å²) in [6.07, 6.45) is 3.00. The molecule has 0 unspecified atom stereocenters. The second-order valence-corrected chi connectivity index (χ2v) is 3.52. The summed E-state index contributed by atoms with van der Waals surface area (Å²) < 4.78 is 4.93. The van der Waals surface area contributed by atoms with Crippen molar-refractivity contribution in [3.05, 3.63) is 11.8 Å². The number of aromatic amines is 1. The lowest BCUT2D eigenvalue weighted by Crippen LogP contribution is -2.24. The van der Waals surface area contributed by atoms with Gasteiger partial charge in [-0.15, -0.1) is 0 Å². The molecule has 0 aliphatic heterocycles. The third-order valence-corrected chi connectivity index (χ3v) is 2.15. The molecule has 0 bridgehead atoms. The quantitative estimate of drug-likeness (QED) is 0.591. The second kappa shape index (κ2) is 6.84. The van der Waals surface area contributed by atoms with Crippen LogP contribution in [0.2, 0.25) is 0 Å². The molecule has 6 nitrogen and oxygen atoms in total. The van der Waals surface area contributed by atoms with Gasteiger partial charge in [0.1, 0.15) is 11.5 Å². The first kappa shape index (κ1) is 12.5. The number of anilines is 1. The lowest BCUT2D eigenvalue weighted by molar-refractivity contribution is 0.0947. The minimum Gasteiger partial charge on any atom is -0.385 e. The fraction of sp³-hybridized carbons (Fsp3) is 0.600. The maximum atomic E-state index is 11.5. The molecule has 90 valence electrons. The first-order valence-corrected chi connectivity index (χ1v) is 5.32. The predicted molar refractivity (Wildman–Crippen MR) is 61.1 cm³/mol. The van der Waals surface area contributed by atoms with E-state index < -0.39 is 0 Å². The topological polar surface area (TPSA) is 93.0 Å². The monoisotopic (exact) mass is 226 g/mol. The molecular weight excluding hydrogens is 208 g/mol.